The minimum Gasteiger partial charge on any atom is -0.263 e. The first-order chi connectivity index (χ1) is 6.29. The highest BCUT2D eigenvalue weighted by molar-refractivity contribution is 5.60. The molecule has 13 heavy (non-hydrogen) atoms. The molecule has 3 heteroatoms. The fourth-order valence-corrected chi connectivity index (χ4v) is 1.49. The topological polar surface area (TPSA) is 43.1 Å². The molecule has 0 bridgehead atoms. The van der Waals surface area contributed by atoms with Gasteiger partial charge in [0.1, 0.15) is 0 Å². The normalized spacial score (nSPS) is 15.4. The number of rotatable bonds is 1. The lowest BCUT2D eigenvalue weighted by Gasteiger charge is -2.12. The minimum absolute atomic E-state index is 0.290. The maximum Gasteiger partial charge on any atom is 0.324 e. The van der Waals surface area contributed by atoms with Gasteiger partial charge in [-0.15, -0.1) is 0 Å². The molecular weight excluding hydrogens is 166 g/mol. The predicted octanol–water partition coefficient (Wildman–Crippen LogP) is 2.26. The summed E-state index contributed by atoms with van der Waals surface area (Å²) in [6.45, 7) is 0. The maximum absolute atomic E-state index is 10.7. The predicted molar refractivity (Wildman–Crippen MR) is 49.4 cm³/mol. The van der Waals surface area contributed by atoms with Gasteiger partial charge in [-0.1, -0.05) is 36.4 Å². The zero-order valence-electron chi connectivity index (χ0n) is 6.93. The van der Waals surface area contributed by atoms with Crippen LogP contribution in [0.2, 0.25) is 0 Å². The molecule has 0 saturated heterocycles. The van der Waals surface area contributed by atoms with Gasteiger partial charge in [0.15, 0.2) is 0 Å². The smallest absolute Gasteiger partial charge is 0.263 e. The molecule has 0 N–H and O–H groups in total. The van der Waals surface area contributed by atoms with Crippen molar-refractivity contribution in [3.8, 4) is 0 Å². The monoisotopic (exact) mass is 174 g/mol. The number of benzene rings is 1. The quantitative estimate of drug-likeness (QED) is 0.484. The van der Waals surface area contributed by atoms with Gasteiger partial charge in [0.2, 0.25) is 0 Å². The van der Waals surface area contributed by atoms with Crippen LogP contribution in [0.3, 0.4) is 0 Å². The lowest BCUT2D eigenvalue weighted by atomic mass is 9.93. The molecule has 0 unspecified atom stereocenters. The van der Waals surface area contributed by atoms with Crippen molar-refractivity contribution in [3.63, 3.8) is 0 Å². The molecule has 1 radical (unpaired) electrons. The van der Waals surface area contributed by atoms with E-state index >= 15 is 0 Å². The van der Waals surface area contributed by atoms with Gasteiger partial charge in [-0.05, 0) is 5.56 Å². The van der Waals surface area contributed by atoms with Crippen molar-refractivity contribution in [1.82, 2.24) is 0 Å². The lowest BCUT2D eigenvalue weighted by molar-refractivity contribution is -0.459. The fourth-order valence-electron chi connectivity index (χ4n) is 1.49. The van der Waals surface area contributed by atoms with Crippen molar-refractivity contribution in [2.24, 2.45) is 0 Å². The molecule has 0 amide bonds. The highest BCUT2D eigenvalue weighted by atomic mass is 16.6. The van der Waals surface area contributed by atoms with E-state index in [2.05, 4.69) is 0 Å². The third-order valence-corrected chi connectivity index (χ3v) is 2.10. The van der Waals surface area contributed by atoms with E-state index in [0.29, 0.717) is 6.42 Å². The summed E-state index contributed by atoms with van der Waals surface area (Å²) in [5, 5.41) is 10.7. The summed E-state index contributed by atoms with van der Waals surface area (Å²) in [6.07, 6.45) is 4.16. The van der Waals surface area contributed by atoms with Crippen LogP contribution >= 0.6 is 0 Å². The van der Waals surface area contributed by atoms with E-state index in [0.717, 1.165) is 11.1 Å². The molecule has 0 aromatic heterocycles. The Balaban J connectivity index is 2.49. The van der Waals surface area contributed by atoms with Crippen molar-refractivity contribution in [2.75, 3.05) is 0 Å². The van der Waals surface area contributed by atoms with Gasteiger partial charge in [-0.25, -0.2) is 0 Å². The van der Waals surface area contributed by atoms with Crippen LogP contribution in [0.15, 0.2) is 30.3 Å². The number of nitrogens with zero attached hydrogens (tertiary/aromatic N) is 1. The van der Waals surface area contributed by atoms with Crippen LogP contribution in [-0.4, -0.2) is 4.92 Å². The first kappa shape index (κ1) is 7.98. The summed E-state index contributed by atoms with van der Waals surface area (Å²) in [5.74, 6) is 0. The highest BCUT2D eigenvalue weighted by Crippen LogP contribution is 2.28. The molecule has 0 aliphatic heterocycles. The first-order valence-electron chi connectivity index (χ1n) is 4.05. The standard InChI is InChI=1S/C10H8NO2/c12-11(13)10-7-3-5-8-4-1-2-6-9(8)10/h1-6H,7H2. The Bertz CT molecular complexity index is 371. The summed E-state index contributed by atoms with van der Waals surface area (Å²) in [7, 11) is 0. The van der Waals surface area contributed by atoms with E-state index in [-0.39, 0.29) is 11.0 Å². The minimum atomic E-state index is -0.303. The van der Waals surface area contributed by atoms with E-state index in [1.165, 1.54) is 0 Å². The Hall–Kier alpha value is -1.64. The van der Waals surface area contributed by atoms with Gasteiger partial charge in [-0.2, -0.15) is 0 Å². The molecule has 65 valence electrons. The summed E-state index contributed by atoms with van der Waals surface area (Å²) in [6, 6.07) is 7.66. The first-order valence-corrected chi connectivity index (χ1v) is 4.05. The molecule has 3 nitrogen and oxygen atoms in total. The second-order valence-corrected chi connectivity index (χ2v) is 2.90. The summed E-state index contributed by atoms with van der Waals surface area (Å²) in [4.78, 5) is 10.3. The zero-order chi connectivity index (χ0) is 9.26. The van der Waals surface area contributed by atoms with Crippen LogP contribution in [0.25, 0.3) is 6.08 Å². The number of hydrogen-bond donors (Lipinski definition) is 0. The Morgan fingerprint density at radius 1 is 1.31 bits per heavy atom. The van der Waals surface area contributed by atoms with Gasteiger partial charge in [0.25, 0.3) is 0 Å². The van der Waals surface area contributed by atoms with Crippen molar-refractivity contribution in [2.45, 2.75) is 6.42 Å². The van der Waals surface area contributed by atoms with Crippen LogP contribution in [-0.2, 0) is 0 Å². The third kappa shape index (κ3) is 1.33. The second kappa shape index (κ2) is 3.01. The van der Waals surface area contributed by atoms with E-state index < -0.39 is 0 Å². The van der Waals surface area contributed by atoms with Crippen molar-refractivity contribution in [3.05, 3.63) is 57.6 Å². The van der Waals surface area contributed by atoms with E-state index in [1.54, 1.807) is 6.07 Å². The molecule has 0 spiro atoms. The molecular formula is C10H8NO2. The lowest BCUT2D eigenvalue weighted by Crippen LogP contribution is -2.13. The Labute approximate surface area is 75.8 Å². The second-order valence-electron chi connectivity index (χ2n) is 2.90. The summed E-state index contributed by atoms with van der Waals surface area (Å²) < 4.78 is 0. The molecule has 0 fully saturated rings. The molecule has 2 rings (SSSR count). The largest absolute Gasteiger partial charge is 0.324 e. The number of nitro groups is 1. The Morgan fingerprint density at radius 2 is 2.08 bits per heavy atom. The number of hydrogen-bond acceptors (Lipinski definition) is 2. The molecule has 1 aromatic carbocycles. The Morgan fingerprint density at radius 3 is 2.85 bits per heavy atom. The van der Waals surface area contributed by atoms with Crippen molar-refractivity contribution < 1.29 is 4.92 Å². The van der Waals surface area contributed by atoms with E-state index in [1.807, 2.05) is 30.4 Å². The van der Waals surface area contributed by atoms with E-state index in [4.69, 9.17) is 0 Å². The van der Waals surface area contributed by atoms with Gasteiger partial charge in [0, 0.05) is 16.9 Å². The average molecular weight is 174 g/mol. The van der Waals surface area contributed by atoms with Crippen LogP contribution in [0, 0.1) is 16.2 Å². The molecule has 0 heterocycles. The van der Waals surface area contributed by atoms with Crippen LogP contribution in [0.4, 0.5) is 0 Å². The fraction of sp³-hybridized carbons (Fsp3) is 0.100. The molecule has 1 aromatic rings. The van der Waals surface area contributed by atoms with Crippen molar-refractivity contribution >= 4 is 6.08 Å². The average Bonchev–Trinajstić information content (AvgIpc) is 2.17. The van der Waals surface area contributed by atoms with Crippen LogP contribution in [0.5, 0.6) is 0 Å². The maximum atomic E-state index is 10.7. The third-order valence-electron chi connectivity index (χ3n) is 2.10. The molecule has 0 atom stereocenters. The van der Waals surface area contributed by atoms with Gasteiger partial charge in [0.05, 0.1) is 0 Å². The van der Waals surface area contributed by atoms with Crippen molar-refractivity contribution in [1.29, 1.82) is 0 Å². The van der Waals surface area contributed by atoms with Crippen LogP contribution in [0.1, 0.15) is 17.5 Å². The highest BCUT2D eigenvalue weighted by Gasteiger charge is 2.28. The molecule has 0 saturated carbocycles. The van der Waals surface area contributed by atoms with E-state index in [9.17, 15) is 10.1 Å². The zero-order valence-corrected chi connectivity index (χ0v) is 6.93. The van der Waals surface area contributed by atoms with Gasteiger partial charge in [-0.3, -0.25) is 10.1 Å². The molecule has 1 aliphatic carbocycles. The number of fused-ring (bicyclic) bond motifs is 1. The summed E-state index contributed by atoms with van der Waals surface area (Å²) in [5.41, 5.74) is 1.68. The SMILES string of the molecule is O=[N+]([O-])[C]1CC=Cc2ccccc21. The Kier molecular flexibility index (Phi) is 1.85. The van der Waals surface area contributed by atoms with Gasteiger partial charge < -0.3 is 0 Å². The van der Waals surface area contributed by atoms with Gasteiger partial charge >= 0.3 is 6.04 Å². The van der Waals surface area contributed by atoms with Crippen LogP contribution < -0.4 is 0 Å². The molecule has 1 aliphatic rings. The summed E-state index contributed by atoms with van der Waals surface area (Å²) >= 11 is 0.